The first kappa shape index (κ1) is 10.5. The molecule has 1 aromatic rings. The van der Waals surface area contributed by atoms with Crippen molar-refractivity contribution in [3.8, 4) is 0 Å². The molecule has 0 unspecified atom stereocenters. The van der Waals surface area contributed by atoms with E-state index in [0.29, 0.717) is 11.4 Å². The largest absolute Gasteiger partial charge is 0.478 e. The number of fused-ring (bicyclic) bond motifs is 1. The van der Waals surface area contributed by atoms with Gasteiger partial charge in [0.25, 0.3) is 0 Å². The summed E-state index contributed by atoms with van der Waals surface area (Å²) in [5, 5.41) is 14.6. The number of amides is 1. The molecular formula is C11H12N2O3. The third-order valence-electron chi connectivity index (χ3n) is 2.53. The first-order valence-corrected chi connectivity index (χ1v) is 4.87. The predicted molar refractivity (Wildman–Crippen MR) is 59.7 cm³/mol. The molecule has 1 heterocycles. The number of carbonyl (C=O) groups is 2. The molecule has 5 heteroatoms. The lowest BCUT2D eigenvalue weighted by Crippen LogP contribution is -2.47. The van der Waals surface area contributed by atoms with Gasteiger partial charge in [-0.2, -0.15) is 0 Å². The van der Waals surface area contributed by atoms with E-state index in [2.05, 4.69) is 10.6 Å². The first-order valence-electron chi connectivity index (χ1n) is 4.87. The van der Waals surface area contributed by atoms with Crippen LogP contribution in [0.4, 0.5) is 11.4 Å². The summed E-state index contributed by atoms with van der Waals surface area (Å²) >= 11 is 0. The number of anilines is 2. The fourth-order valence-electron chi connectivity index (χ4n) is 1.56. The summed E-state index contributed by atoms with van der Waals surface area (Å²) in [7, 11) is 0. The van der Waals surface area contributed by atoms with E-state index < -0.39 is 11.5 Å². The topological polar surface area (TPSA) is 78.4 Å². The third-order valence-corrected chi connectivity index (χ3v) is 2.53. The standard InChI is InChI=1S/C11H12N2O3/c1-11(2)10(16)12-7-4-3-6(9(14)15)5-8(7)13-11/h3-5,13H,1-2H3,(H,12,16)(H,14,15). The van der Waals surface area contributed by atoms with Crippen molar-refractivity contribution in [1.29, 1.82) is 0 Å². The van der Waals surface area contributed by atoms with Gasteiger partial charge in [0.15, 0.2) is 0 Å². The summed E-state index contributed by atoms with van der Waals surface area (Å²) < 4.78 is 0. The first-order chi connectivity index (χ1) is 7.40. The molecular weight excluding hydrogens is 208 g/mol. The van der Waals surface area contributed by atoms with E-state index in [4.69, 9.17) is 5.11 Å². The van der Waals surface area contributed by atoms with E-state index in [1.54, 1.807) is 19.9 Å². The molecule has 0 radical (unpaired) electrons. The quantitative estimate of drug-likeness (QED) is 0.670. The lowest BCUT2D eigenvalue weighted by molar-refractivity contribution is -0.119. The minimum atomic E-state index is -0.987. The maximum atomic E-state index is 11.6. The molecule has 0 aromatic heterocycles. The Morgan fingerprint density at radius 2 is 2.00 bits per heavy atom. The van der Waals surface area contributed by atoms with E-state index in [1.165, 1.54) is 12.1 Å². The third kappa shape index (κ3) is 1.60. The van der Waals surface area contributed by atoms with Crippen molar-refractivity contribution in [2.75, 3.05) is 10.6 Å². The van der Waals surface area contributed by atoms with Crippen LogP contribution in [-0.2, 0) is 4.79 Å². The molecule has 0 spiro atoms. The molecule has 1 aliphatic rings. The Kier molecular flexibility index (Phi) is 2.11. The minimum absolute atomic E-state index is 0.136. The second kappa shape index (κ2) is 3.23. The Balaban J connectivity index is 2.45. The maximum Gasteiger partial charge on any atom is 0.335 e. The van der Waals surface area contributed by atoms with Crippen LogP contribution >= 0.6 is 0 Å². The Morgan fingerprint density at radius 3 is 2.62 bits per heavy atom. The maximum absolute atomic E-state index is 11.6. The van der Waals surface area contributed by atoms with Crippen LogP contribution in [0.1, 0.15) is 24.2 Å². The second-order valence-corrected chi connectivity index (χ2v) is 4.27. The summed E-state index contributed by atoms with van der Waals surface area (Å²) in [5.74, 6) is -1.12. The summed E-state index contributed by atoms with van der Waals surface area (Å²) in [6.07, 6.45) is 0. The van der Waals surface area contributed by atoms with Crippen molar-refractivity contribution >= 4 is 23.3 Å². The Hall–Kier alpha value is -2.04. The van der Waals surface area contributed by atoms with Gasteiger partial charge in [-0.1, -0.05) is 0 Å². The smallest absolute Gasteiger partial charge is 0.335 e. The van der Waals surface area contributed by atoms with Crippen molar-refractivity contribution in [2.45, 2.75) is 19.4 Å². The number of hydrogen-bond acceptors (Lipinski definition) is 3. The van der Waals surface area contributed by atoms with Crippen molar-refractivity contribution in [3.63, 3.8) is 0 Å². The highest BCUT2D eigenvalue weighted by atomic mass is 16.4. The van der Waals surface area contributed by atoms with Crippen molar-refractivity contribution in [1.82, 2.24) is 0 Å². The van der Waals surface area contributed by atoms with Crippen LogP contribution in [0.2, 0.25) is 0 Å². The van der Waals surface area contributed by atoms with Crippen LogP contribution in [0.15, 0.2) is 18.2 Å². The Bertz CT molecular complexity index is 480. The molecule has 3 N–H and O–H groups in total. The number of carboxylic acids is 1. The normalized spacial score (nSPS) is 17.0. The number of carbonyl (C=O) groups excluding carboxylic acids is 1. The molecule has 1 amide bonds. The average molecular weight is 220 g/mol. The van der Waals surface area contributed by atoms with Crippen LogP contribution < -0.4 is 10.6 Å². The summed E-state index contributed by atoms with van der Waals surface area (Å²) in [6, 6.07) is 4.55. The molecule has 0 saturated carbocycles. The lowest BCUT2D eigenvalue weighted by Gasteiger charge is -2.32. The highest BCUT2D eigenvalue weighted by Crippen LogP contribution is 2.31. The van der Waals surface area contributed by atoms with Gasteiger partial charge < -0.3 is 15.7 Å². The minimum Gasteiger partial charge on any atom is -0.478 e. The summed E-state index contributed by atoms with van der Waals surface area (Å²) in [4.78, 5) is 22.4. The molecule has 84 valence electrons. The molecule has 2 rings (SSSR count). The molecule has 0 saturated heterocycles. The van der Waals surface area contributed by atoms with Gasteiger partial charge in [-0.25, -0.2) is 4.79 Å². The van der Waals surface area contributed by atoms with Gasteiger partial charge in [-0.05, 0) is 32.0 Å². The fourth-order valence-corrected chi connectivity index (χ4v) is 1.56. The van der Waals surface area contributed by atoms with Crippen LogP contribution in [-0.4, -0.2) is 22.5 Å². The number of benzene rings is 1. The summed E-state index contributed by atoms with van der Waals surface area (Å²) in [6.45, 7) is 3.47. The van der Waals surface area contributed by atoms with Crippen LogP contribution in [0.5, 0.6) is 0 Å². The molecule has 1 aliphatic heterocycles. The zero-order valence-corrected chi connectivity index (χ0v) is 9.00. The van der Waals surface area contributed by atoms with Gasteiger partial charge in [0.05, 0.1) is 16.9 Å². The highest BCUT2D eigenvalue weighted by Gasteiger charge is 2.32. The number of hydrogen-bond donors (Lipinski definition) is 3. The van der Waals surface area contributed by atoms with Crippen LogP contribution in [0.3, 0.4) is 0 Å². The highest BCUT2D eigenvalue weighted by molar-refractivity contribution is 6.06. The molecule has 16 heavy (non-hydrogen) atoms. The SMILES string of the molecule is CC1(C)Nc2cc(C(=O)O)ccc2NC1=O. The zero-order chi connectivity index (χ0) is 11.9. The van der Waals surface area contributed by atoms with E-state index in [-0.39, 0.29) is 11.5 Å². The number of nitrogens with one attached hydrogen (secondary N) is 2. The molecule has 5 nitrogen and oxygen atoms in total. The van der Waals surface area contributed by atoms with Gasteiger partial charge in [0.1, 0.15) is 5.54 Å². The molecule has 0 fully saturated rings. The average Bonchev–Trinajstić information content (AvgIpc) is 2.18. The van der Waals surface area contributed by atoms with Gasteiger partial charge in [-0.15, -0.1) is 0 Å². The van der Waals surface area contributed by atoms with E-state index >= 15 is 0 Å². The summed E-state index contributed by atoms with van der Waals surface area (Å²) in [5.41, 5.74) is 0.696. The Labute approximate surface area is 92.5 Å². The number of aromatic carboxylic acids is 1. The molecule has 1 aromatic carbocycles. The van der Waals surface area contributed by atoms with E-state index in [1.807, 2.05) is 0 Å². The molecule has 0 atom stereocenters. The van der Waals surface area contributed by atoms with Crippen molar-refractivity contribution < 1.29 is 14.7 Å². The Morgan fingerprint density at radius 1 is 1.31 bits per heavy atom. The van der Waals surface area contributed by atoms with Crippen molar-refractivity contribution in [3.05, 3.63) is 23.8 Å². The van der Waals surface area contributed by atoms with Gasteiger partial charge in [0.2, 0.25) is 5.91 Å². The fraction of sp³-hybridized carbons (Fsp3) is 0.273. The predicted octanol–water partition coefficient (Wildman–Crippen LogP) is 1.53. The van der Waals surface area contributed by atoms with E-state index in [9.17, 15) is 9.59 Å². The molecule has 0 aliphatic carbocycles. The van der Waals surface area contributed by atoms with Gasteiger partial charge >= 0.3 is 5.97 Å². The monoisotopic (exact) mass is 220 g/mol. The number of carboxylic acid groups (broad SMARTS) is 1. The molecule has 0 bridgehead atoms. The second-order valence-electron chi connectivity index (χ2n) is 4.27. The van der Waals surface area contributed by atoms with Crippen LogP contribution in [0.25, 0.3) is 0 Å². The van der Waals surface area contributed by atoms with E-state index in [0.717, 1.165) is 0 Å². The number of rotatable bonds is 1. The van der Waals surface area contributed by atoms with Crippen LogP contribution in [0, 0.1) is 0 Å². The van der Waals surface area contributed by atoms with Gasteiger partial charge in [-0.3, -0.25) is 4.79 Å². The van der Waals surface area contributed by atoms with Crippen molar-refractivity contribution in [2.24, 2.45) is 0 Å². The lowest BCUT2D eigenvalue weighted by atomic mass is 9.99. The zero-order valence-electron chi connectivity index (χ0n) is 9.00. The van der Waals surface area contributed by atoms with Gasteiger partial charge in [0, 0.05) is 0 Å².